The second kappa shape index (κ2) is 8.94. The van der Waals surface area contributed by atoms with Gasteiger partial charge < -0.3 is 20.1 Å². The first-order valence-corrected chi connectivity index (χ1v) is 9.42. The van der Waals surface area contributed by atoms with Crippen LogP contribution in [0.5, 0.6) is 0 Å². The normalized spacial score (nSPS) is 14.4. The van der Waals surface area contributed by atoms with Crippen LogP contribution in [0, 0.1) is 0 Å². The van der Waals surface area contributed by atoms with Gasteiger partial charge in [-0.05, 0) is 19.2 Å². The molecule has 27 heavy (non-hydrogen) atoms. The molecule has 1 aliphatic heterocycles. The van der Waals surface area contributed by atoms with Gasteiger partial charge in [0.25, 0.3) is 0 Å². The maximum absolute atomic E-state index is 12.3. The van der Waals surface area contributed by atoms with Gasteiger partial charge >= 0.3 is 5.97 Å². The predicted octanol–water partition coefficient (Wildman–Crippen LogP) is 1.75. The number of aromatic carboxylic acids is 1. The Labute approximate surface area is 161 Å². The minimum absolute atomic E-state index is 0.0751. The van der Waals surface area contributed by atoms with Crippen LogP contribution in [0.2, 0.25) is 0 Å². The molecule has 2 heterocycles. The third kappa shape index (κ3) is 5.25. The number of carboxylic acid groups (broad SMARTS) is 1. The van der Waals surface area contributed by atoms with Crippen molar-refractivity contribution in [2.24, 2.45) is 0 Å². The molecule has 144 valence electrons. The predicted molar refractivity (Wildman–Crippen MR) is 104 cm³/mol. The van der Waals surface area contributed by atoms with Crippen LogP contribution in [0.1, 0.15) is 15.2 Å². The summed E-state index contributed by atoms with van der Waals surface area (Å²) in [6.45, 7) is 3.86. The van der Waals surface area contributed by atoms with Gasteiger partial charge in [0.15, 0.2) is 5.13 Å². The Morgan fingerprint density at radius 1 is 1.33 bits per heavy atom. The van der Waals surface area contributed by atoms with Gasteiger partial charge in [-0.25, -0.2) is 9.78 Å². The average Bonchev–Trinajstić information content (AvgIpc) is 3.11. The van der Waals surface area contributed by atoms with Gasteiger partial charge in [-0.1, -0.05) is 12.1 Å². The van der Waals surface area contributed by atoms with Crippen molar-refractivity contribution < 1.29 is 19.4 Å². The summed E-state index contributed by atoms with van der Waals surface area (Å²) >= 11 is 1.61. The number of nitrogens with one attached hydrogen (secondary N) is 1. The molecule has 1 aromatic heterocycles. The Hall–Kier alpha value is -2.49. The molecule has 1 aromatic carbocycles. The SMILES string of the molecule is CN(CC(=O)Nc1ccccc1C(=O)O)Cc1cnc(N2CCOCC2)s1. The lowest BCUT2D eigenvalue weighted by Gasteiger charge is -2.26. The summed E-state index contributed by atoms with van der Waals surface area (Å²) in [7, 11) is 1.84. The van der Waals surface area contributed by atoms with E-state index in [0.717, 1.165) is 23.1 Å². The van der Waals surface area contributed by atoms with Gasteiger partial charge in [0.2, 0.25) is 5.91 Å². The minimum Gasteiger partial charge on any atom is -0.478 e. The van der Waals surface area contributed by atoms with Crippen molar-refractivity contribution in [1.29, 1.82) is 0 Å². The van der Waals surface area contributed by atoms with Gasteiger partial charge in [0, 0.05) is 30.7 Å². The van der Waals surface area contributed by atoms with Crippen molar-refractivity contribution in [2.45, 2.75) is 6.54 Å². The topological polar surface area (TPSA) is 95.0 Å². The summed E-state index contributed by atoms with van der Waals surface area (Å²) in [5.41, 5.74) is 0.377. The fourth-order valence-corrected chi connectivity index (χ4v) is 3.85. The summed E-state index contributed by atoms with van der Waals surface area (Å²) in [4.78, 5) is 33.1. The number of rotatable bonds is 7. The van der Waals surface area contributed by atoms with Crippen molar-refractivity contribution in [1.82, 2.24) is 9.88 Å². The zero-order valence-corrected chi connectivity index (χ0v) is 15.9. The fourth-order valence-electron chi connectivity index (χ4n) is 2.81. The molecule has 0 aliphatic carbocycles. The van der Waals surface area contributed by atoms with E-state index in [2.05, 4.69) is 15.2 Å². The highest BCUT2D eigenvalue weighted by atomic mass is 32.1. The van der Waals surface area contributed by atoms with E-state index >= 15 is 0 Å². The lowest BCUT2D eigenvalue weighted by atomic mass is 10.2. The van der Waals surface area contributed by atoms with E-state index in [-0.39, 0.29) is 18.0 Å². The largest absolute Gasteiger partial charge is 0.478 e. The highest BCUT2D eigenvalue weighted by molar-refractivity contribution is 7.15. The van der Waals surface area contributed by atoms with Crippen molar-refractivity contribution in [3.63, 3.8) is 0 Å². The second-order valence-corrected chi connectivity index (χ2v) is 7.37. The van der Waals surface area contributed by atoms with E-state index in [4.69, 9.17) is 4.74 Å². The molecule has 8 nitrogen and oxygen atoms in total. The summed E-state index contributed by atoms with van der Waals surface area (Å²) < 4.78 is 5.35. The standard InChI is InChI=1S/C18H22N4O4S/c1-21(11-13-10-19-18(27-13)22-6-8-26-9-7-22)12-16(23)20-15-5-3-2-4-14(15)17(24)25/h2-5,10H,6-9,11-12H2,1H3,(H,20,23)(H,24,25). The van der Waals surface area contributed by atoms with Crippen LogP contribution in [0.3, 0.4) is 0 Å². The Balaban J connectivity index is 1.53. The van der Waals surface area contributed by atoms with Crippen molar-refractivity contribution >= 4 is 34.0 Å². The molecule has 0 saturated carbocycles. The Bertz CT molecular complexity index is 804. The molecule has 0 unspecified atom stereocenters. The summed E-state index contributed by atoms with van der Waals surface area (Å²) in [6, 6.07) is 6.36. The summed E-state index contributed by atoms with van der Waals surface area (Å²) in [6.07, 6.45) is 1.84. The molecule has 1 amide bonds. The lowest BCUT2D eigenvalue weighted by Crippen LogP contribution is -2.36. The zero-order chi connectivity index (χ0) is 19.2. The molecule has 0 radical (unpaired) electrons. The molecule has 1 aliphatic rings. The average molecular weight is 390 g/mol. The van der Waals surface area contributed by atoms with Gasteiger partial charge in [0.05, 0.1) is 31.0 Å². The molecule has 2 N–H and O–H groups in total. The second-order valence-electron chi connectivity index (χ2n) is 6.28. The summed E-state index contributed by atoms with van der Waals surface area (Å²) in [5.74, 6) is -1.33. The first-order chi connectivity index (χ1) is 13.0. The quantitative estimate of drug-likeness (QED) is 0.744. The van der Waals surface area contributed by atoms with Crippen LogP contribution < -0.4 is 10.2 Å². The first-order valence-electron chi connectivity index (χ1n) is 8.61. The third-order valence-corrected chi connectivity index (χ3v) is 5.14. The number of morpholine rings is 1. The molecule has 3 rings (SSSR count). The Morgan fingerprint density at radius 3 is 2.81 bits per heavy atom. The number of amides is 1. The first kappa shape index (κ1) is 19.3. The van der Waals surface area contributed by atoms with E-state index in [9.17, 15) is 14.7 Å². The molecule has 0 spiro atoms. The van der Waals surface area contributed by atoms with E-state index in [0.29, 0.717) is 25.4 Å². The molecule has 0 bridgehead atoms. The molecular weight excluding hydrogens is 368 g/mol. The number of anilines is 2. The number of carboxylic acids is 1. The summed E-state index contributed by atoms with van der Waals surface area (Å²) in [5, 5.41) is 12.8. The van der Waals surface area contributed by atoms with E-state index < -0.39 is 5.97 Å². The molecule has 2 aromatic rings. The van der Waals surface area contributed by atoms with Crippen LogP contribution in [-0.2, 0) is 16.1 Å². The monoisotopic (exact) mass is 390 g/mol. The number of thiazole rings is 1. The molecule has 1 saturated heterocycles. The van der Waals surface area contributed by atoms with E-state index in [1.165, 1.54) is 6.07 Å². The van der Waals surface area contributed by atoms with Gasteiger partial charge in [-0.3, -0.25) is 9.69 Å². The molecule has 1 fully saturated rings. The minimum atomic E-state index is -1.07. The van der Waals surface area contributed by atoms with Crippen LogP contribution in [0.15, 0.2) is 30.5 Å². The number of carbonyl (C=O) groups excluding carboxylic acids is 1. The van der Waals surface area contributed by atoms with Crippen LogP contribution in [-0.4, -0.2) is 66.8 Å². The third-order valence-electron chi connectivity index (χ3n) is 4.09. The van der Waals surface area contributed by atoms with Crippen LogP contribution in [0.25, 0.3) is 0 Å². The smallest absolute Gasteiger partial charge is 0.337 e. The highest BCUT2D eigenvalue weighted by Crippen LogP contribution is 2.24. The van der Waals surface area contributed by atoms with Crippen molar-refractivity contribution in [2.75, 3.05) is 50.1 Å². The number of nitrogens with zero attached hydrogens (tertiary/aromatic N) is 3. The number of aromatic nitrogens is 1. The zero-order valence-electron chi connectivity index (χ0n) is 15.1. The fraction of sp³-hybridized carbons (Fsp3) is 0.389. The van der Waals surface area contributed by atoms with E-state index in [1.807, 2.05) is 18.1 Å². The maximum Gasteiger partial charge on any atom is 0.337 e. The van der Waals surface area contributed by atoms with Crippen LogP contribution in [0.4, 0.5) is 10.8 Å². The van der Waals surface area contributed by atoms with Gasteiger partial charge in [-0.15, -0.1) is 11.3 Å². The van der Waals surface area contributed by atoms with Crippen molar-refractivity contribution in [3.05, 3.63) is 40.9 Å². The highest BCUT2D eigenvalue weighted by Gasteiger charge is 2.16. The number of hydrogen-bond acceptors (Lipinski definition) is 7. The molecule has 0 atom stereocenters. The van der Waals surface area contributed by atoms with Gasteiger partial charge in [0.1, 0.15) is 0 Å². The number of para-hydroxylation sites is 1. The Kier molecular flexibility index (Phi) is 6.38. The number of likely N-dealkylation sites (N-methyl/N-ethyl adjacent to an activating group) is 1. The maximum atomic E-state index is 12.3. The lowest BCUT2D eigenvalue weighted by molar-refractivity contribution is -0.117. The molecule has 9 heteroatoms. The number of ether oxygens (including phenoxy) is 1. The van der Waals surface area contributed by atoms with Gasteiger partial charge in [-0.2, -0.15) is 0 Å². The van der Waals surface area contributed by atoms with Crippen molar-refractivity contribution in [3.8, 4) is 0 Å². The van der Waals surface area contributed by atoms with Crippen LogP contribution >= 0.6 is 11.3 Å². The Morgan fingerprint density at radius 2 is 2.07 bits per heavy atom. The number of benzene rings is 1. The van der Waals surface area contributed by atoms with E-state index in [1.54, 1.807) is 29.5 Å². The number of hydrogen-bond donors (Lipinski definition) is 2. The molecular formula is C18H22N4O4S. The number of carbonyl (C=O) groups is 2.